The van der Waals surface area contributed by atoms with Crippen molar-refractivity contribution in [3.8, 4) is 5.75 Å². The summed E-state index contributed by atoms with van der Waals surface area (Å²) < 4.78 is 21.2. The Morgan fingerprint density at radius 3 is 2.83 bits per heavy atom. The molecule has 4 aromatic rings. The van der Waals surface area contributed by atoms with Crippen LogP contribution in [0, 0.1) is 5.82 Å². The van der Waals surface area contributed by atoms with Crippen molar-refractivity contribution in [1.82, 2.24) is 19.4 Å². The van der Waals surface area contributed by atoms with Gasteiger partial charge in [-0.2, -0.15) is 0 Å². The van der Waals surface area contributed by atoms with Gasteiger partial charge in [-0.1, -0.05) is 12.1 Å². The highest BCUT2D eigenvalue weighted by molar-refractivity contribution is 5.95. The van der Waals surface area contributed by atoms with Gasteiger partial charge in [0.05, 0.1) is 25.3 Å². The number of halogens is 1. The van der Waals surface area contributed by atoms with Crippen molar-refractivity contribution in [2.24, 2.45) is 0 Å². The lowest BCUT2D eigenvalue weighted by Crippen LogP contribution is -2.43. The third-order valence-corrected chi connectivity index (χ3v) is 6.22. The molecule has 0 saturated carbocycles. The molecule has 1 aromatic carbocycles. The molecular formula is C27H23FN4O4. The number of rotatable bonds is 7. The number of amides is 1. The molecular weight excluding hydrogens is 463 g/mol. The molecule has 1 N–H and O–H groups in total. The molecule has 0 aliphatic carbocycles. The second-order valence-corrected chi connectivity index (χ2v) is 8.48. The van der Waals surface area contributed by atoms with E-state index in [0.717, 1.165) is 16.6 Å². The summed E-state index contributed by atoms with van der Waals surface area (Å²) in [5.41, 5.74) is 3.05. The number of nitrogens with zero attached hydrogens (tertiary/aromatic N) is 4. The molecule has 9 heteroatoms. The molecule has 0 spiro atoms. The Bertz CT molecular complexity index is 1500. The number of carboxylic acid groups (broad SMARTS) is 1. The van der Waals surface area contributed by atoms with Gasteiger partial charge in [0.15, 0.2) is 17.2 Å². The number of carboxylic acids is 1. The van der Waals surface area contributed by atoms with E-state index in [2.05, 4.69) is 9.97 Å². The number of aromatic nitrogens is 3. The van der Waals surface area contributed by atoms with E-state index >= 15 is 0 Å². The third kappa shape index (κ3) is 4.55. The minimum atomic E-state index is -1.08. The number of hydrogen-bond donors (Lipinski definition) is 1. The maximum Gasteiger partial charge on any atom is 0.305 e. The third-order valence-electron chi connectivity index (χ3n) is 6.22. The van der Waals surface area contributed by atoms with Gasteiger partial charge in [0, 0.05) is 30.9 Å². The predicted molar refractivity (Wildman–Crippen MR) is 132 cm³/mol. The zero-order valence-electron chi connectivity index (χ0n) is 19.5. The number of ether oxygens (including phenoxy) is 1. The molecule has 0 saturated heterocycles. The molecule has 0 unspecified atom stereocenters. The lowest BCUT2D eigenvalue weighted by Gasteiger charge is -2.35. The fraction of sp³-hybridized carbons (Fsp3) is 0.185. The van der Waals surface area contributed by atoms with Crippen molar-refractivity contribution in [3.63, 3.8) is 0 Å². The molecule has 8 nitrogen and oxygen atoms in total. The predicted octanol–water partition coefficient (Wildman–Crippen LogP) is 4.42. The highest BCUT2D eigenvalue weighted by Gasteiger charge is 2.33. The molecule has 1 amide bonds. The fourth-order valence-electron chi connectivity index (χ4n) is 4.46. The number of aliphatic carboxylic acids is 1. The number of benzene rings is 1. The van der Waals surface area contributed by atoms with Crippen LogP contribution in [0.4, 0.5) is 4.39 Å². The molecule has 1 atom stereocenters. The fourth-order valence-corrected chi connectivity index (χ4v) is 4.46. The Balaban J connectivity index is 1.40. The summed E-state index contributed by atoms with van der Waals surface area (Å²) in [6, 6.07) is 12.9. The Kier molecular flexibility index (Phi) is 6.20. The van der Waals surface area contributed by atoms with E-state index in [0.29, 0.717) is 30.0 Å². The van der Waals surface area contributed by atoms with Crippen LogP contribution in [0.3, 0.4) is 0 Å². The normalized spacial score (nSPS) is 14.3. The first-order chi connectivity index (χ1) is 17.4. The van der Waals surface area contributed by atoms with Crippen molar-refractivity contribution in [1.29, 1.82) is 0 Å². The average Bonchev–Trinajstić information content (AvgIpc) is 3.30. The number of carbonyl (C=O) groups excluding carboxylic acids is 1. The van der Waals surface area contributed by atoms with E-state index in [4.69, 9.17) is 4.74 Å². The largest absolute Gasteiger partial charge is 0.494 e. The number of fused-ring (bicyclic) bond motifs is 2. The number of pyridine rings is 2. The SMILES string of the molecule is COc1ccc([C@H](CC(=O)O)N2CCn3cc(/C=C/c4ccc5cccnc5n4)cc3C2=O)cc1F. The van der Waals surface area contributed by atoms with Crippen molar-refractivity contribution < 1.29 is 23.8 Å². The van der Waals surface area contributed by atoms with Gasteiger partial charge >= 0.3 is 5.97 Å². The van der Waals surface area contributed by atoms with Crippen molar-refractivity contribution in [2.45, 2.75) is 19.0 Å². The highest BCUT2D eigenvalue weighted by atomic mass is 19.1. The highest BCUT2D eigenvalue weighted by Crippen LogP contribution is 2.32. The molecule has 1 aliphatic heterocycles. The standard InChI is InChI=1S/C27H23FN4O4/c1-36-24-9-6-19(14-21(24)28)22(15-25(33)34)32-12-11-31-16-17(13-23(31)27(32)35)4-7-20-8-5-18-3-2-10-29-26(18)30-20/h2-10,13-14,16,22H,11-12,15H2,1H3,(H,33,34)/b7-4+/t22-/m0/s1. The second-order valence-electron chi connectivity index (χ2n) is 8.48. The van der Waals surface area contributed by atoms with E-state index in [-0.39, 0.29) is 18.1 Å². The summed E-state index contributed by atoms with van der Waals surface area (Å²) in [6.07, 6.45) is 6.95. The van der Waals surface area contributed by atoms with Crippen LogP contribution >= 0.6 is 0 Å². The number of methoxy groups -OCH3 is 1. The van der Waals surface area contributed by atoms with Gasteiger partial charge in [-0.3, -0.25) is 9.59 Å². The summed E-state index contributed by atoms with van der Waals surface area (Å²) in [5.74, 6) is -1.94. The van der Waals surface area contributed by atoms with Gasteiger partial charge in [0.2, 0.25) is 0 Å². The quantitative estimate of drug-likeness (QED) is 0.415. The Morgan fingerprint density at radius 1 is 1.19 bits per heavy atom. The summed E-state index contributed by atoms with van der Waals surface area (Å²) >= 11 is 0. The zero-order valence-corrected chi connectivity index (χ0v) is 19.5. The maximum absolute atomic E-state index is 14.4. The minimum absolute atomic E-state index is 0.0554. The van der Waals surface area contributed by atoms with E-state index in [1.807, 2.05) is 47.2 Å². The lowest BCUT2D eigenvalue weighted by molar-refractivity contribution is -0.138. The molecule has 1 aliphatic rings. The van der Waals surface area contributed by atoms with Crippen LogP contribution in [0.25, 0.3) is 23.2 Å². The summed E-state index contributed by atoms with van der Waals surface area (Å²) in [7, 11) is 1.36. The van der Waals surface area contributed by atoms with Gasteiger partial charge in [-0.15, -0.1) is 0 Å². The van der Waals surface area contributed by atoms with Gasteiger partial charge < -0.3 is 19.3 Å². The van der Waals surface area contributed by atoms with Gasteiger partial charge in [0.25, 0.3) is 5.91 Å². The van der Waals surface area contributed by atoms with E-state index < -0.39 is 17.8 Å². The van der Waals surface area contributed by atoms with Gasteiger partial charge in [-0.05, 0) is 59.7 Å². The molecule has 4 heterocycles. The van der Waals surface area contributed by atoms with Crippen LogP contribution in [-0.2, 0) is 11.3 Å². The van der Waals surface area contributed by atoms with Crippen molar-refractivity contribution in [3.05, 3.63) is 89.3 Å². The molecule has 0 fully saturated rings. The van der Waals surface area contributed by atoms with E-state index in [9.17, 15) is 19.1 Å². The molecule has 5 rings (SSSR count). The summed E-state index contributed by atoms with van der Waals surface area (Å²) in [6.45, 7) is 0.787. The van der Waals surface area contributed by atoms with Gasteiger partial charge in [-0.25, -0.2) is 14.4 Å². The van der Waals surface area contributed by atoms with E-state index in [1.54, 1.807) is 18.3 Å². The maximum atomic E-state index is 14.4. The van der Waals surface area contributed by atoms with Crippen LogP contribution in [0.1, 0.15) is 39.8 Å². The Hall–Kier alpha value is -4.53. The molecule has 0 bridgehead atoms. The topological polar surface area (TPSA) is 97.6 Å². The zero-order chi connectivity index (χ0) is 25.2. The number of hydrogen-bond acceptors (Lipinski definition) is 5. The number of carbonyl (C=O) groups is 2. The molecule has 182 valence electrons. The Morgan fingerprint density at radius 2 is 2.06 bits per heavy atom. The molecule has 0 radical (unpaired) electrons. The van der Waals surface area contributed by atoms with Crippen LogP contribution in [0.2, 0.25) is 0 Å². The molecule has 3 aromatic heterocycles. The first-order valence-corrected chi connectivity index (χ1v) is 11.4. The van der Waals surface area contributed by atoms with Gasteiger partial charge in [0.1, 0.15) is 5.69 Å². The van der Waals surface area contributed by atoms with Crippen molar-refractivity contribution in [2.75, 3.05) is 13.7 Å². The van der Waals surface area contributed by atoms with Crippen LogP contribution in [0.5, 0.6) is 5.75 Å². The summed E-state index contributed by atoms with van der Waals surface area (Å²) in [5, 5.41) is 10.4. The monoisotopic (exact) mass is 486 g/mol. The minimum Gasteiger partial charge on any atom is -0.494 e. The summed E-state index contributed by atoms with van der Waals surface area (Å²) in [4.78, 5) is 35.3. The van der Waals surface area contributed by atoms with Crippen LogP contribution in [0.15, 0.2) is 60.9 Å². The van der Waals surface area contributed by atoms with Crippen molar-refractivity contribution >= 4 is 35.1 Å². The van der Waals surface area contributed by atoms with Crippen LogP contribution in [-0.4, -0.2) is 50.1 Å². The lowest BCUT2D eigenvalue weighted by atomic mass is 10.00. The smallest absolute Gasteiger partial charge is 0.305 e. The van der Waals surface area contributed by atoms with E-state index in [1.165, 1.54) is 24.1 Å². The Labute approximate surface area is 206 Å². The average molecular weight is 487 g/mol. The first-order valence-electron chi connectivity index (χ1n) is 11.4. The van der Waals surface area contributed by atoms with Crippen LogP contribution < -0.4 is 4.74 Å². The molecule has 36 heavy (non-hydrogen) atoms. The first kappa shape index (κ1) is 23.2. The second kappa shape index (κ2) is 9.61.